The second-order valence-corrected chi connectivity index (χ2v) is 5.49. The molecule has 0 fully saturated rings. The number of nitrogens with zero attached hydrogens (tertiary/aromatic N) is 3. The smallest absolute Gasteiger partial charge is 0.407 e. The molecule has 1 heterocycles. The summed E-state index contributed by atoms with van der Waals surface area (Å²) < 4.78 is 17.0. The highest BCUT2D eigenvalue weighted by Gasteiger charge is 2.16. The molecular formula is C13H24N4O4. The molecule has 21 heavy (non-hydrogen) atoms. The first kappa shape index (κ1) is 17.4. The highest BCUT2D eigenvalue weighted by Crippen LogP contribution is 2.13. The summed E-state index contributed by atoms with van der Waals surface area (Å²) in [6.07, 6.45) is 1.54. The van der Waals surface area contributed by atoms with E-state index in [2.05, 4.69) is 15.6 Å². The van der Waals surface area contributed by atoms with Crippen LogP contribution in [0.4, 0.5) is 4.79 Å². The summed E-state index contributed by atoms with van der Waals surface area (Å²) in [6.45, 7) is 6.60. The number of methoxy groups -OCH3 is 2. The summed E-state index contributed by atoms with van der Waals surface area (Å²) in [5.74, 6) is 0. The third-order valence-corrected chi connectivity index (χ3v) is 2.46. The lowest BCUT2D eigenvalue weighted by molar-refractivity contribution is -0.108. The molecule has 0 aromatic carbocycles. The van der Waals surface area contributed by atoms with Gasteiger partial charge in [-0.05, 0) is 27.2 Å². The molecule has 0 saturated heterocycles. The average molecular weight is 300 g/mol. The van der Waals surface area contributed by atoms with Gasteiger partial charge in [0.15, 0.2) is 0 Å². The molecule has 8 heteroatoms. The molecule has 8 nitrogen and oxygen atoms in total. The standard InChI is InChI=1S/C13H24N4O4/c1-13(2,3)21-12(18)14-7-6-8-17-9-10(15-16-17)11(19-4)20-5/h9,11H,6-8H2,1-5H3,(H,14,18). The lowest BCUT2D eigenvalue weighted by Crippen LogP contribution is -2.33. The average Bonchev–Trinajstić information content (AvgIpc) is 2.83. The van der Waals surface area contributed by atoms with E-state index in [-0.39, 0.29) is 0 Å². The largest absolute Gasteiger partial charge is 0.444 e. The maximum Gasteiger partial charge on any atom is 0.407 e. The van der Waals surface area contributed by atoms with Crippen LogP contribution >= 0.6 is 0 Å². The Morgan fingerprint density at radius 3 is 2.62 bits per heavy atom. The first-order valence-electron chi connectivity index (χ1n) is 6.78. The van der Waals surface area contributed by atoms with E-state index in [1.807, 2.05) is 20.8 Å². The Balaban J connectivity index is 2.29. The molecule has 120 valence electrons. The van der Waals surface area contributed by atoms with Crippen molar-refractivity contribution in [3.05, 3.63) is 11.9 Å². The normalized spacial score (nSPS) is 11.7. The monoisotopic (exact) mass is 300 g/mol. The second-order valence-electron chi connectivity index (χ2n) is 5.49. The van der Waals surface area contributed by atoms with E-state index in [1.165, 1.54) is 14.2 Å². The number of ether oxygens (including phenoxy) is 3. The van der Waals surface area contributed by atoms with E-state index in [0.29, 0.717) is 25.2 Å². The van der Waals surface area contributed by atoms with Crippen molar-refractivity contribution in [1.82, 2.24) is 20.3 Å². The van der Waals surface area contributed by atoms with Gasteiger partial charge in [0.05, 0.1) is 6.20 Å². The van der Waals surface area contributed by atoms with Crippen LogP contribution in [0, 0.1) is 0 Å². The summed E-state index contributed by atoms with van der Waals surface area (Å²) in [5.41, 5.74) is 0.125. The topological polar surface area (TPSA) is 87.5 Å². The number of hydrogen-bond acceptors (Lipinski definition) is 6. The van der Waals surface area contributed by atoms with Crippen molar-refractivity contribution in [2.45, 2.75) is 45.6 Å². The number of amides is 1. The van der Waals surface area contributed by atoms with Crippen LogP contribution in [-0.4, -0.2) is 47.5 Å². The molecule has 1 amide bonds. The molecule has 0 spiro atoms. The SMILES string of the molecule is COC(OC)c1cn(CCCNC(=O)OC(C)(C)C)nn1. The van der Waals surface area contributed by atoms with Crippen LogP contribution < -0.4 is 5.32 Å². The maximum atomic E-state index is 11.4. The Labute approximate surface area is 124 Å². The van der Waals surface area contributed by atoms with Crippen LogP contribution in [0.3, 0.4) is 0 Å². The van der Waals surface area contributed by atoms with Gasteiger partial charge in [-0.25, -0.2) is 4.79 Å². The molecule has 1 aromatic rings. The zero-order chi connectivity index (χ0) is 15.9. The minimum absolute atomic E-state index is 0.416. The van der Waals surface area contributed by atoms with Crippen LogP contribution in [0.25, 0.3) is 0 Å². The van der Waals surface area contributed by atoms with Crippen LogP contribution in [0.5, 0.6) is 0 Å². The van der Waals surface area contributed by atoms with Gasteiger partial charge in [0.2, 0.25) is 6.29 Å². The fourth-order valence-corrected chi connectivity index (χ4v) is 1.61. The second kappa shape index (κ2) is 7.94. The zero-order valence-electron chi connectivity index (χ0n) is 13.3. The molecule has 1 N–H and O–H groups in total. The number of nitrogens with one attached hydrogen (secondary N) is 1. The third kappa shape index (κ3) is 6.54. The molecule has 1 aromatic heterocycles. The quantitative estimate of drug-likeness (QED) is 0.606. The Bertz CT molecular complexity index is 438. The van der Waals surface area contributed by atoms with Crippen LogP contribution in [0.2, 0.25) is 0 Å². The number of alkyl carbamates (subject to hydrolysis) is 1. The van der Waals surface area contributed by atoms with Crippen molar-refractivity contribution in [3.63, 3.8) is 0 Å². The van der Waals surface area contributed by atoms with E-state index >= 15 is 0 Å². The van der Waals surface area contributed by atoms with Gasteiger partial charge in [0.1, 0.15) is 11.3 Å². The number of aryl methyl sites for hydroxylation is 1. The Morgan fingerprint density at radius 1 is 1.38 bits per heavy atom. The van der Waals surface area contributed by atoms with Crippen LogP contribution in [-0.2, 0) is 20.8 Å². The highest BCUT2D eigenvalue weighted by atomic mass is 16.7. The lowest BCUT2D eigenvalue weighted by Gasteiger charge is -2.19. The predicted molar refractivity (Wildman–Crippen MR) is 75.6 cm³/mol. The number of hydrogen-bond donors (Lipinski definition) is 1. The summed E-state index contributed by atoms with van der Waals surface area (Å²) in [6, 6.07) is 0. The third-order valence-electron chi connectivity index (χ3n) is 2.46. The molecule has 0 atom stereocenters. The highest BCUT2D eigenvalue weighted by molar-refractivity contribution is 5.67. The van der Waals surface area contributed by atoms with Crippen molar-refractivity contribution in [1.29, 1.82) is 0 Å². The number of rotatable bonds is 7. The molecule has 0 aliphatic rings. The van der Waals surface area contributed by atoms with Gasteiger partial charge in [-0.3, -0.25) is 4.68 Å². The minimum Gasteiger partial charge on any atom is -0.444 e. The summed E-state index contributed by atoms with van der Waals surface area (Å²) in [4.78, 5) is 11.4. The van der Waals surface area contributed by atoms with E-state index in [1.54, 1.807) is 10.9 Å². The maximum absolute atomic E-state index is 11.4. The number of carbonyl (C=O) groups is 1. The first-order valence-corrected chi connectivity index (χ1v) is 6.78. The van der Waals surface area contributed by atoms with E-state index in [0.717, 1.165) is 0 Å². The van der Waals surface area contributed by atoms with Gasteiger partial charge in [-0.1, -0.05) is 5.21 Å². The van der Waals surface area contributed by atoms with Gasteiger partial charge < -0.3 is 19.5 Å². The van der Waals surface area contributed by atoms with E-state index < -0.39 is 18.0 Å². The Morgan fingerprint density at radius 2 is 2.05 bits per heavy atom. The first-order chi connectivity index (χ1) is 9.85. The lowest BCUT2D eigenvalue weighted by atomic mass is 10.2. The van der Waals surface area contributed by atoms with Gasteiger partial charge in [-0.2, -0.15) is 0 Å². The van der Waals surface area contributed by atoms with Gasteiger partial charge in [0.25, 0.3) is 0 Å². The molecule has 1 rings (SSSR count). The van der Waals surface area contributed by atoms with Crippen molar-refractivity contribution in [3.8, 4) is 0 Å². The molecule has 0 aliphatic carbocycles. The molecule has 0 unspecified atom stereocenters. The van der Waals surface area contributed by atoms with Crippen LogP contribution in [0.1, 0.15) is 39.2 Å². The van der Waals surface area contributed by atoms with Crippen molar-refractivity contribution in [2.75, 3.05) is 20.8 Å². The Hall–Kier alpha value is -1.67. The molecular weight excluding hydrogens is 276 g/mol. The Kier molecular flexibility index (Phi) is 6.57. The van der Waals surface area contributed by atoms with Crippen LogP contribution in [0.15, 0.2) is 6.20 Å². The van der Waals surface area contributed by atoms with E-state index in [4.69, 9.17) is 14.2 Å². The predicted octanol–water partition coefficient (Wildman–Crippen LogP) is 1.48. The summed E-state index contributed by atoms with van der Waals surface area (Å²) in [5, 5.41) is 10.6. The van der Waals surface area contributed by atoms with Gasteiger partial charge in [-0.15, -0.1) is 5.10 Å². The van der Waals surface area contributed by atoms with Crippen molar-refractivity contribution >= 4 is 6.09 Å². The van der Waals surface area contributed by atoms with E-state index in [9.17, 15) is 4.79 Å². The zero-order valence-corrected chi connectivity index (χ0v) is 13.3. The minimum atomic E-state index is -0.515. The van der Waals surface area contributed by atoms with Crippen molar-refractivity contribution < 1.29 is 19.0 Å². The fraction of sp³-hybridized carbons (Fsp3) is 0.769. The van der Waals surface area contributed by atoms with Gasteiger partial charge >= 0.3 is 6.09 Å². The molecule has 0 aliphatic heterocycles. The molecule has 0 radical (unpaired) electrons. The fourth-order valence-electron chi connectivity index (χ4n) is 1.61. The summed E-state index contributed by atoms with van der Waals surface area (Å²) >= 11 is 0. The molecule has 0 bridgehead atoms. The van der Waals surface area contributed by atoms with Crippen molar-refractivity contribution in [2.24, 2.45) is 0 Å². The van der Waals surface area contributed by atoms with Gasteiger partial charge in [0, 0.05) is 27.3 Å². The summed E-state index contributed by atoms with van der Waals surface area (Å²) in [7, 11) is 3.08. The molecule has 0 saturated carbocycles. The number of aromatic nitrogens is 3. The number of carbonyl (C=O) groups excluding carboxylic acids is 1.